The fourth-order valence-electron chi connectivity index (χ4n) is 2.00. The summed E-state index contributed by atoms with van der Waals surface area (Å²) in [4.78, 5) is 34.2. The van der Waals surface area contributed by atoms with E-state index in [9.17, 15) is 9.59 Å². The number of carbonyl (C=O) groups is 2. The highest BCUT2D eigenvalue weighted by Crippen LogP contribution is 2.16. The van der Waals surface area contributed by atoms with E-state index in [-0.39, 0.29) is 11.7 Å². The number of nitrogens with two attached hydrogens (primary N) is 1. The summed E-state index contributed by atoms with van der Waals surface area (Å²) in [6.45, 7) is 1.40. The molecule has 1 aliphatic rings. The van der Waals surface area contributed by atoms with Crippen LogP contribution < -0.4 is 21.9 Å². The SMILES string of the molecule is NC(=O)c1nc2cccc(C(=O)NNC3=NCCN3)c2[nH]1. The average Bonchev–Trinajstić information content (AvgIpc) is 3.12. The maximum Gasteiger partial charge on any atom is 0.284 e. The maximum atomic E-state index is 12.2. The standard InChI is InChI=1S/C12H13N7O2/c13-9(20)10-16-7-3-1-2-6(8(7)17-10)11(21)18-19-12-14-4-5-15-12/h1-3H,4-5H2,(H2,13,20)(H,16,17)(H,18,21)(H2,14,15,19). The predicted octanol–water partition coefficient (Wildman–Crippen LogP) is -1.14. The summed E-state index contributed by atoms with van der Waals surface area (Å²) >= 11 is 0. The lowest BCUT2D eigenvalue weighted by atomic mass is 10.2. The van der Waals surface area contributed by atoms with Crippen LogP contribution in [0, 0.1) is 0 Å². The number of carbonyl (C=O) groups excluding carboxylic acids is 2. The summed E-state index contributed by atoms with van der Waals surface area (Å²) in [5, 5.41) is 2.96. The number of imidazole rings is 1. The van der Waals surface area contributed by atoms with Crippen molar-refractivity contribution in [2.45, 2.75) is 0 Å². The molecule has 2 heterocycles. The molecular formula is C12H13N7O2. The molecule has 0 saturated heterocycles. The zero-order chi connectivity index (χ0) is 14.8. The van der Waals surface area contributed by atoms with Crippen molar-refractivity contribution in [3.63, 3.8) is 0 Å². The molecule has 9 nitrogen and oxygen atoms in total. The molecule has 0 fully saturated rings. The van der Waals surface area contributed by atoms with Gasteiger partial charge in [-0.25, -0.2) is 4.98 Å². The number of nitrogens with one attached hydrogen (secondary N) is 4. The second-order valence-corrected chi connectivity index (χ2v) is 4.39. The number of H-pyrrole nitrogens is 1. The molecule has 0 aliphatic carbocycles. The minimum Gasteiger partial charge on any atom is -0.363 e. The van der Waals surface area contributed by atoms with Crippen LogP contribution in [0.1, 0.15) is 21.0 Å². The van der Waals surface area contributed by atoms with Crippen LogP contribution in [0.2, 0.25) is 0 Å². The molecule has 1 aromatic heterocycles. The number of rotatable bonds is 2. The number of para-hydroxylation sites is 1. The molecule has 3 rings (SSSR count). The number of fused-ring (bicyclic) bond motifs is 1. The van der Waals surface area contributed by atoms with E-state index >= 15 is 0 Å². The Morgan fingerprint density at radius 3 is 2.90 bits per heavy atom. The third-order valence-corrected chi connectivity index (χ3v) is 2.96. The number of primary amides is 1. The number of aromatic nitrogens is 2. The van der Waals surface area contributed by atoms with Crippen LogP contribution in [-0.2, 0) is 0 Å². The molecule has 2 amide bonds. The normalized spacial score (nSPS) is 13.6. The van der Waals surface area contributed by atoms with Gasteiger partial charge in [-0.3, -0.25) is 25.4 Å². The van der Waals surface area contributed by atoms with Gasteiger partial charge in [0.2, 0.25) is 5.96 Å². The van der Waals surface area contributed by atoms with Gasteiger partial charge in [-0.1, -0.05) is 6.07 Å². The molecule has 1 aliphatic heterocycles. The van der Waals surface area contributed by atoms with E-state index in [1.54, 1.807) is 18.2 Å². The van der Waals surface area contributed by atoms with Gasteiger partial charge in [0, 0.05) is 6.54 Å². The van der Waals surface area contributed by atoms with E-state index in [4.69, 9.17) is 5.73 Å². The van der Waals surface area contributed by atoms with E-state index in [0.29, 0.717) is 29.1 Å². The number of nitrogens with zero attached hydrogens (tertiary/aromatic N) is 2. The molecule has 21 heavy (non-hydrogen) atoms. The average molecular weight is 287 g/mol. The first-order valence-electron chi connectivity index (χ1n) is 6.28. The third-order valence-electron chi connectivity index (χ3n) is 2.96. The number of guanidine groups is 1. The Morgan fingerprint density at radius 1 is 1.33 bits per heavy atom. The minimum atomic E-state index is -0.680. The van der Waals surface area contributed by atoms with Gasteiger partial charge in [0.15, 0.2) is 5.82 Å². The van der Waals surface area contributed by atoms with Crippen LogP contribution in [0.25, 0.3) is 11.0 Å². The Bertz CT molecular complexity index is 749. The van der Waals surface area contributed by atoms with Crippen LogP contribution >= 0.6 is 0 Å². The fourth-order valence-corrected chi connectivity index (χ4v) is 2.00. The van der Waals surface area contributed by atoms with Gasteiger partial charge in [-0.2, -0.15) is 0 Å². The van der Waals surface area contributed by atoms with E-state index in [0.717, 1.165) is 6.54 Å². The van der Waals surface area contributed by atoms with Crippen molar-refractivity contribution in [2.75, 3.05) is 13.1 Å². The molecular weight excluding hydrogens is 274 g/mol. The lowest BCUT2D eigenvalue weighted by Gasteiger charge is -2.08. The highest BCUT2D eigenvalue weighted by atomic mass is 16.2. The lowest BCUT2D eigenvalue weighted by Crippen LogP contribution is -2.46. The van der Waals surface area contributed by atoms with E-state index in [1.807, 2.05) is 0 Å². The van der Waals surface area contributed by atoms with Gasteiger partial charge in [0.05, 0.1) is 23.1 Å². The van der Waals surface area contributed by atoms with Crippen LogP contribution in [0.4, 0.5) is 0 Å². The van der Waals surface area contributed by atoms with Crippen molar-refractivity contribution in [3.8, 4) is 0 Å². The maximum absolute atomic E-state index is 12.2. The predicted molar refractivity (Wildman–Crippen MR) is 75.5 cm³/mol. The van der Waals surface area contributed by atoms with E-state index in [2.05, 4.69) is 31.1 Å². The Morgan fingerprint density at radius 2 is 2.19 bits per heavy atom. The summed E-state index contributed by atoms with van der Waals surface area (Å²) in [7, 11) is 0. The number of benzene rings is 1. The lowest BCUT2D eigenvalue weighted by molar-refractivity contribution is 0.0943. The zero-order valence-corrected chi connectivity index (χ0v) is 10.9. The molecule has 2 aromatic rings. The highest BCUT2D eigenvalue weighted by Gasteiger charge is 2.15. The Hall–Kier alpha value is -3.10. The Kier molecular flexibility index (Phi) is 3.14. The molecule has 0 bridgehead atoms. The quantitative estimate of drug-likeness (QED) is 0.444. The second kappa shape index (κ2) is 5.12. The number of hydrogen-bond donors (Lipinski definition) is 5. The van der Waals surface area contributed by atoms with Gasteiger partial charge in [0.25, 0.3) is 11.8 Å². The van der Waals surface area contributed by atoms with Crippen molar-refractivity contribution in [1.29, 1.82) is 0 Å². The molecule has 0 atom stereocenters. The number of hydrazine groups is 1. The molecule has 1 aromatic carbocycles. The largest absolute Gasteiger partial charge is 0.363 e. The summed E-state index contributed by atoms with van der Waals surface area (Å²) in [6, 6.07) is 4.98. The zero-order valence-electron chi connectivity index (χ0n) is 10.9. The third kappa shape index (κ3) is 2.48. The summed E-state index contributed by atoms with van der Waals surface area (Å²) in [5.41, 5.74) is 11.7. The molecule has 6 N–H and O–H groups in total. The van der Waals surface area contributed by atoms with E-state index < -0.39 is 5.91 Å². The number of aliphatic imine (C=N–C) groups is 1. The minimum absolute atomic E-state index is 0.0139. The van der Waals surface area contributed by atoms with Crippen molar-refractivity contribution >= 4 is 28.8 Å². The fraction of sp³-hybridized carbons (Fsp3) is 0.167. The van der Waals surface area contributed by atoms with Crippen LogP contribution in [0.15, 0.2) is 23.2 Å². The van der Waals surface area contributed by atoms with Crippen molar-refractivity contribution < 1.29 is 9.59 Å². The van der Waals surface area contributed by atoms with Gasteiger partial charge >= 0.3 is 0 Å². The number of hydrogen-bond acceptors (Lipinski definition) is 6. The first kappa shape index (κ1) is 12.9. The van der Waals surface area contributed by atoms with Crippen molar-refractivity contribution in [1.82, 2.24) is 26.1 Å². The molecule has 0 unspecified atom stereocenters. The van der Waals surface area contributed by atoms with Crippen molar-refractivity contribution in [2.24, 2.45) is 10.7 Å². The Balaban J connectivity index is 1.85. The summed E-state index contributed by atoms with van der Waals surface area (Å²) in [5.74, 6) is -0.533. The molecule has 0 spiro atoms. The number of amides is 2. The monoisotopic (exact) mass is 287 g/mol. The first-order valence-corrected chi connectivity index (χ1v) is 6.28. The second-order valence-electron chi connectivity index (χ2n) is 4.39. The smallest absolute Gasteiger partial charge is 0.284 e. The Labute approximate surface area is 119 Å². The summed E-state index contributed by atoms with van der Waals surface area (Å²) in [6.07, 6.45) is 0. The first-order chi connectivity index (χ1) is 10.1. The van der Waals surface area contributed by atoms with Crippen LogP contribution in [0.3, 0.4) is 0 Å². The van der Waals surface area contributed by atoms with Crippen LogP contribution in [0.5, 0.6) is 0 Å². The summed E-state index contributed by atoms with van der Waals surface area (Å²) < 4.78 is 0. The highest BCUT2D eigenvalue weighted by molar-refractivity contribution is 6.06. The van der Waals surface area contributed by atoms with Gasteiger partial charge < -0.3 is 16.0 Å². The number of aromatic amines is 1. The van der Waals surface area contributed by atoms with Gasteiger partial charge in [0.1, 0.15) is 0 Å². The van der Waals surface area contributed by atoms with Gasteiger partial charge in [-0.15, -0.1) is 0 Å². The van der Waals surface area contributed by atoms with Gasteiger partial charge in [-0.05, 0) is 12.1 Å². The molecule has 108 valence electrons. The topological polar surface area (TPSA) is 137 Å². The van der Waals surface area contributed by atoms with Crippen LogP contribution in [-0.4, -0.2) is 40.8 Å². The molecule has 9 heteroatoms. The van der Waals surface area contributed by atoms with Crippen molar-refractivity contribution in [3.05, 3.63) is 29.6 Å². The van der Waals surface area contributed by atoms with E-state index in [1.165, 1.54) is 0 Å². The molecule has 0 saturated carbocycles. The molecule has 0 radical (unpaired) electrons.